The number of nitrogens with one attached hydrogen (secondary N) is 1. The summed E-state index contributed by atoms with van der Waals surface area (Å²) in [5.74, 6) is 5.50. The van der Waals surface area contributed by atoms with Gasteiger partial charge in [0.15, 0.2) is 0 Å². The summed E-state index contributed by atoms with van der Waals surface area (Å²) in [4.78, 5) is 19.9. The van der Waals surface area contributed by atoms with Crippen LogP contribution in [-0.2, 0) is 0 Å². The van der Waals surface area contributed by atoms with Crippen molar-refractivity contribution in [3.05, 3.63) is 16.3 Å². The summed E-state index contributed by atoms with van der Waals surface area (Å²) in [6.45, 7) is 0.555. The molecule has 0 amide bonds. The molecule has 2 heterocycles. The Morgan fingerprint density at radius 1 is 1.72 bits per heavy atom. The van der Waals surface area contributed by atoms with Crippen LogP contribution >= 0.6 is 0 Å². The minimum Gasteiger partial charge on any atom is -0.394 e. The molecule has 1 saturated heterocycles. The van der Waals surface area contributed by atoms with Gasteiger partial charge in [0, 0.05) is 6.54 Å². The van der Waals surface area contributed by atoms with Crippen molar-refractivity contribution in [3.63, 3.8) is 0 Å². The third-order valence-corrected chi connectivity index (χ3v) is 2.94. The smallest absolute Gasteiger partial charge is 0.329 e. The maximum absolute atomic E-state index is 11.0. The lowest BCUT2D eigenvalue weighted by atomic mass is 10.2. The third-order valence-electron chi connectivity index (χ3n) is 2.94. The second-order valence-corrected chi connectivity index (χ2v) is 3.98. The van der Waals surface area contributed by atoms with E-state index in [0.717, 1.165) is 19.0 Å². The highest BCUT2D eigenvalue weighted by molar-refractivity contribution is 5.60. The molecule has 1 unspecified atom stereocenters. The van der Waals surface area contributed by atoms with Crippen molar-refractivity contribution in [2.45, 2.75) is 18.9 Å². The van der Waals surface area contributed by atoms with Gasteiger partial charge >= 0.3 is 5.69 Å². The van der Waals surface area contributed by atoms with Crippen LogP contribution in [0.5, 0.6) is 0 Å². The molecule has 1 atom stereocenters. The SMILES string of the molecule is NNc1ncc([N+](=O)[O-])c(N2CCCC2CO)n1. The van der Waals surface area contributed by atoms with E-state index in [2.05, 4.69) is 15.4 Å². The molecule has 4 N–H and O–H groups in total. The van der Waals surface area contributed by atoms with E-state index in [-0.39, 0.29) is 30.1 Å². The van der Waals surface area contributed by atoms with Crippen molar-refractivity contribution in [1.29, 1.82) is 0 Å². The highest BCUT2D eigenvalue weighted by Gasteiger charge is 2.31. The van der Waals surface area contributed by atoms with Crippen LogP contribution < -0.4 is 16.2 Å². The lowest BCUT2D eigenvalue weighted by Crippen LogP contribution is -2.33. The number of hydrogen-bond donors (Lipinski definition) is 3. The first-order valence-corrected chi connectivity index (χ1v) is 5.53. The summed E-state index contributed by atoms with van der Waals surface area (Å²) >= 11 is 0. The molecule has 1 fully saturated rings. The number of nitrogens with two attached hydrogens (primary N) is 1. The van der Waals surface area contributed by atoms with Gasteiger partial charge in [-0.2, -0.15) is 4.98 Å². The first kappa shape index (κ1) is 12.5. The van der Waals surface area contributed by atoms with E-state index in [1.807, 2.05) is 0 Å². The van der Waals surface area contributed by atoms with Crippen LogP contribution in [-0.4, -0.2) is 39.2 Å². The molecule has 0 radical (unpaired) electrons. The van der Waals surface area contributed by atoms with Crippen molar-refractivity contribution in [2.75, 3.05) is 23.5 Å². The Bertz CT molecular complexity index is 454. The Labute approximate surface area is 103 Å². The predicted molar refractivity (Wildman–Crippen MR) is 64.0 cm³/mol. The zero-order valence-corrected chi connectivity index (χ0v) is 9.61. The molecule has 18 heavy (non-hydrogen) atoms. The Hall–Kier alpha value is -2.00. The van der Waals surface area contributed by atoms with Crippen LogP contribution in [0.2, 0.25) is 0 Å². The fourth-order valence-corrected chi connectivity index (χ4v) is 2.08. The van der Waals surface area contributed by atoms with Gasteiger partial charge in [-0.1, -0.05) is 0 Å². The van der Waals surface area contributed by atoms with Crippen LogP contribution in [0.15, 0.2) is 6.20 Å². The number of nitrogen functional groups attached to an aromatic ring is 1. The molecule has 2 rings (SSSR count). The topological polar surface area (TPSA) is 130 Å². The summed E-state index contributed by atoms with van der Waals surface area (Å²) in [5.41, 5.74) is 2.07. The normalized spacial score (nSPS) is 19.0. The molecule has 9 nitrogen and oxygen atoms in total. The Morgan fingerprint density at radius 2 is 2.50 bits per heavy atom. The highest BCUT2D eigenvalue weighted by Crippen LogP contribution is 2.31. The molecular formula is C9H14N6O3. The molecule has 98 valence electrons. The van der Waals surface area contributed by atoms with Gasteiger partial charge < -0.3 is 10.0 Å². The fourth-order valence-electron chi connectivity index (χ4n) is 2.08. The highest BCUT2D eigenvalue weighted by atomic mass is 16.6. The fraction of sp³-hybridized carbons (Fsp3) is 0.556. The van der Waals surface area contributed by atoms with Crippen LogP contribution in [0.25, 0.3) is 0 Å². The number of aliphatic hydroxyl groups is 1. The molecule has 1 aliphatic heterocycles. The minimum atomic E-state index is -0.539. The number of nitrogens with zero attached hydrogens (tertiary/aromatic N) is 4. The zero-order chi connectivity index (χ0) is 13.1. The molecule has 0 aromatic carbocycles. The van der Waals surface area contributed by atoms with E-state index in [4.69, 9.17) is 5.84 Å². The maximum atomic E-state index is 11.0. The monoisotopic (exact) mass is 254 g/mol. The van der Waals surface area contributed by atoms with Gasteiger partial charge in [-0.25, -0.2) is 10.8 Å². The first-order valence-electron chi connectivity index (χ1n) is 5.53. The second-order valence-electron chi connectivity index (χ2n) is 3.98. The van der Waals surface area contributed by atoms with Crippen LogP contribution in [0.3, 0.4) is 0 Å². The summed E-state index contributed by atoms with van der Waals surface area (Å²) in [6, 6.07) is -0.149. The lowest BCUT2D eigenvalue weighted by molar-refractivity contribution is -0.384. The van der Waals surface area contributed by atoms with Gasteiger partial charge in [0.05, 0.1) is 17.6 Å². The molecule has 1 aromatic rings. The largest absolute Gasteiger partial charge is 0.394 e. The standard InChI is InChI=1S/C9H14N6O3/c10-13-9-11-4-7(15(17)18)8(12-9)14-3-1-2-6(14)5-16/h4,6,16H,1-3,5,10H2,(H,11,12,13). The molecule has 1 aliphatic rings. The zero-order valence-electron chi connectivity index (χ0n) is 9.61. The number of hydrogen-bond acceptors (Lipinski definition) is 8. The van der Waals surface area contributed by atoms with Gasteiger partial charge in [0.2, 0.25) is 11.8 Å². The molecule has 1 aromatic heterocycles. The summed E-state index contributed by atoms with van der Waals surface area (Å²) in [5, 5.41) is 20.2. The van der Waals surface area contributed by atoms with E-state index >= 15 is 0 Å². The van der Waals surface area contributed by atoms with E-state index in [1.54, 1.807) is 4.90 Å². The third kappa shape index (κ3) is 2.17. The van der Waals surface area contributed by atoms with E-state index in [1.165, 1.54) is 0 Å². The Kier molecular flexibility index (Phi) is 3.53. The van der Waals surface area contributed by atoms with Crippen LogP contribution in [0.1, 0.15) is 12.8 Å². The molecule has 0 saturated carbocycles. The van der Waals surface area contributed by atoms with E-state index in [9.17, 15) is 15.2 Å². The van der Waals surface area contributed by atoms with Crippen molar-refractivity contribution < 1.29 is 10.0 Å². The van der Waals surface area contributed by atoms with Crippen molar-refractivity contribution in [2.24, 2.45) is 5.84 Å². The van der Waals surface area contributed by atoms with Gasteiger partial charge in [0.25, 0.3) is 0 Å². The number of hydrazine groups is 1. The summed E-state index contributed by atoms with van der Waals surface area (Å²) in [6.07, 6.45) is 2.76. The van der Waals surface area contributed by atoms with Crippen molar-refractivity contribution in [3.8, 4) is 0 Å². The molecular weight excluding hydrogens is 240 g/mol. The Balaban J connectivity index is 2.42. The number of nitro groups is 1. The Morgan fingerprint density at radius 3 is 3.11 bits per heavy atom. The molecule has 0 bridgehead atoms. The van der Waals surface area contributed by atoms with Crippen LogP contribution in [0, 0.1) is 10.1 Å². The molecule has 0 spiro atoms. The first-order chi connectivity index (χ1) is 8.67. The van der Waals surface area contributed by atoms with Crippen molar-refractivity contribution >= 4 is 17.5 Å². The number of aromatic nitrogens is 2. The maximum Gasteiger partial charge on any atom is 0.329 e. The average molecular weight is 254 g/mol. The minimum absolute atomic E-state index is 0.0630. The summed E-state index contributed by atoms with van der Waals surface area (Å²) < 4.78 is 0. The van der Waals surface area contributed by atoms with Gasteiger partial charge in [-0.15, -0.1) is 0 Å². The van der Waals surface area contributed by atoms with Crippen LogP contribution in [0.4, 0.5) is 17.5 Å². The quantitative estimate of drug-likeness (QED) is 0.377. The molecule has 9 heteroatoms. The van der Waals surface area contributed by atoms with Gasteiger partial charge in [0.1, 0.15) is 6.20 Å². The second kappa shape index (κ2) is 5.10. The van der Waals surface area contributed by atoms with Crippen molar-refractivity contribution in [1.82, 2.24) is 9.97 Å². The number of anilines is 2. The number of rotatable bonds is 4. The predicted octanol–water partition coefficient (Wildman–Crippen LogP) is -0.368. The molecule has 0 aliphatic carbocycles. The van der Waals surface area contributed by atoms with Gasteiger partial charge in [-0.05, 0) is 12.8 Å². The average Bonchev–Trinajstić information content (AvgIpc) is 2.85. The van der Waals surface area contributed by atoms with E-state index in [0.29, 0.717) is 6.54 Å². The van der Waals surface area contributed by atoms with E-state index < -0.39 is 4.92 Å². The number of aliphatic hydroxyl groups excluding tert-OH is 1. The lowest BCUT2D eigenvalue weighted by Gasteiger charge is -2.23. The summed E-state index contributed by atoms with van der Waals surface area (Å²) in [7, 11) is 0. The van der Waals surface area contributed by atoms with Gasteiger partial charge in [-0.3, -0.25) is 15.5 Å².